The summed E-state index contributed by atoms with van der Waals surface area (Å²) in [5.41, 5.74) is 2.59. The van der Waals surface area contributed by atoms with Crippen molar-refractivity contribution < 1.29 is 13.9 Å². The molecule has 0 saturated heterocycles. The number of oxazole rings is 1. The van der Waals surface area contributed by atoms with E-state index >= 15 is 0 Å². The fraction of sp³-hybridized carbons (Fsp3) is 0.500. The summed E-state index contributed by atoms with van der Waals surface area (Å²) in [6.45, 7) is 5.38. The highest BCUT2D eigenvalue weighted by Crippen LogP contribution is 2.27. The van der Waals surface area contributed by atoms with E-state index in [4.69, 9.17) is 25.5 Å². The smallest absolute Gasteiger partial charge is 0.298 e. The highest BCUT2D eigenvalue weighted by atomic mass is 35.5. The van der Waals surface area contributed by atoms with Crippen LogP contribution in [-0.4, -0.2) is 38.6 Å². The van der Waals surface area contributed by atoms with Crippen molar-refractivity contribution in [3.05, 3.63) is 34.9 Å². The molecule has 2 aromatic rings. The van der Waals surface area contributed by atoms with Gasteiger partial charge >= 0.3 is 0 Å². The molecule has 1 heterocycles. The number of ether oxygens (including phenoxy) is 2. The Bertz CT molecular complexity index is 684. The third kappa shape index (κ3) is 4.72. The number of aromatic nitrogens is 1. The van der Waals surface area contributed by atoms with Crippen molar-refractivity contribution in [3.8, 4) is 0 Å². The number of likely N-dealkylation sites (N-methyl/N-ethyl adjacent to an activating group) is 1. The Morgan fingerprint density at radius 2 is 2.21 bits per heavy atom. The molecule has 0 amide bonds. The van der Waals surface area contributed by atoms with Gasteiger partial charge in [0.25, 0.3) is 6.01 Å². The molecule has 0 N–H and O–H groups in total. The van der Waals surface area contributed by atoms with Gasteiger partial charge in [-0.05, 0) is 31.1 Å². The molecule has 0 radical (unpaired) electrons. The second-order valence-corrected chi connectivity index (χ2v) is 5.94. The lowest BCUT2D eigenvalue weighted by molar-refractivity contribution is -0.118. The van der Waals surface area contributed by atoms with Crippen LogP contribution in [0.3, 0.4) is 0 Å². The van der Waals surface area contributed by atoms with Crippen LogP contribution in [0.15, 0.2) is 34.3 Å². The van der Waals surface area contributed by atoms with Crippen molar-refractivity contribution in [3.63, 3.8) is 0 Å². The number of para-hydroxylation sites is 1. The minimum Gasteiger partial charge on any atom is -0.423 e. The van der Waals surface area contributed by atoms with Crippen molar-refractivity contribution in [1.29, 1.82) is 0 Å². The zero-order valence-electron chi connectivity index (χ0n) is 14.7. The van der Waals surface area contributed by atoms with Gasteiger partial charge in [-0.25, -0.2) is 0 Å². The maximum absolute atomic E-state index is 6.17. The molecule has 5 nitrogen and oxygen atoms in total. The van der Waals surface area contributed by atoms with Gasteiger partial charge < -0.3 is 18.8 Å². The molecule has 24 heavy (non-hydrogen) atoms. The predicted octanol–water partition coefficient (Wildman–Crippen LogP) is 4.65. The first-order valence-electron chi connectivity index (χ1n) is 8.17. The Kier molecular flexibility index (Phi) is 7.09. The van der Waals surface area contributed by atoms with Gasteiger partial charge in [-0.3, -0.25) is 0 Å². The summed E-state index contributed by atoms with van der Waals surface area (Å²) >= 11 is 6.17. The van der Waals surface area contributed by atoms with E-state index < -0.39 is 0 Å². The molecular weight excluding hydrogens is 328 g/mol. The number of rotatable bonds is 9. The number of benzene rings is 1. The summed E-state index contributed by atoms with van der Waals surface area (Å²) in [5.74, 6) is 0. The zero-order chi connectivity index (χ0) is 17.5. The molecule has 0 fully saturated rings. The highest BCUT2D eigenvalue weighted by molar-refractivity contribution is 6.34. The summed E-state index contributed by atoms with van der Waals surface area (Å²) in [6.07, 6.45) is 3.62. The normalized spacial score (nSPS) is 13.5. The molecule has 0 aliphatic carbocycles. The number of hydrogen-bond donors (Lipinski definition) is 0. The van der Waals surface area contributed by atoms with Crippen molar-refractivity contribution >= 4 is 28.7 Å². The molecule has 1 unspecified atom stereocenters. The van der Waals surface area contributed by atoms with Crippen LogP contribution in [0.5, 0.6) is 0 Å². The summed E-state index contributed by atoms with van der Waals surface area (Å²) in [7, 11) is 3.61. The molecule has 2 rings (SSSR count). The number of anilines is 1. The van der Waals surface area contributed by atoms with Crippen LogP contribution in [-0.2, 0) is 9.47 Å². The van der Waals surface area contributed by atoms with Crippen LogP contribution in [0.4, 0.5) is 6.01 Å². The molecule has 0 bridgehead atoms. The van der Waals surface area contributed by atoms with Crippen molar-refractivity contribution in [2.24, 2.45) is 0 Å². The standard InChI is InChI=1S/C18H25ClN2O3/c1-5-8-13(11-16(22-4)23-6-2)12-21(3)18-20-17-14(19)9-7-10-15(17)24-18/h7-10,16H,5-6,11-12H2,1-4H3/b13-8+. The molecule has 0 aliphatic heterocycles. The minimum absolute atomic E-state index is 0.237. The molecule has 132 valence electrons. The van der Waals surface area contributed by atoms with E-state index in [2.05, 4.69) is 18.0 Å². The summed E-state index contributed by atoms with van der Waals surface area (Å²) in [6, 6.07) is 6.08. The lowest BCUT2D eigenvalue weighted by atomic mass is 10.1. The number of methoxy groups -OCH3 is 1. The maximum Gasteiger partial charge on any atom is 0.298 e. The maximum atomic E-state index is 6.17. The third-order valence-electron chi connectivity index (χ3n) is 3.66. The molecule has 0 saturated carbocycles. The highest BCUT2D eigenvalue weighted by Gasteiger charge is 2.16. The van der Waals surface area contributed by atoms with Gasteiger partial charge in [0.15, 0.2) is 11.9 Å². The first-order chi connectivity index (χ1) is 11.6. The quantitative estimate of drug-likeness (QED) is 0.485. The lowest BCUT2D eigenvalue weighted by Gasteiger charge is -2.21. The molecule has 1 aromatic heterocycles. The monoisotopic (exact) mass is 352 g/mol. The Morgan fingerprint density at radius 3 is 2.83 bits per heavy atom. The van der Waals surface area contributed by atoms with Crippen LogP contribution in [0.1, 0.15) is 26.7 Å². The van der Waals surface area contributed by atoms with Gasteiger partial charge in [-0.1, -0.05) is 30.7 Å². The summed E-state index contributed by atoms with van der Waals surface area (Å²) in [5, 5.41) is 0.594. The molecule has 1 atom stereocenters. The van der Waals surface area contributed by atoms with Crippen LogP contribution in [0.2, 0.25) is 5.02 Å². The van der Waals surface area contributed by atoms with Crippen LogP contribution < -0.4 is 4.90 Å². The van der Waals surface area contributed by atoms with E-state index in [0.717, 1.165) is 6.42 Å². The molecular formula is C18H25ClN2O3. The average molecular weight is 353 g/mol. The number of allylic oxidation sites excluding steroid dienone is 1. The van der Waals surface area contributed by atoms with Crippen LogP contribution in [0.25, 0.3) is 11.1 Å². The minimum atomic E-state index is -0.237. The summed E-state index contributed by atoms with van der Waals surface area (Å²) < 4.78 is 16.8. The van der Waals surface area contributed by atoms with E-state index in [1.807, 2.05) is 37.1 Å². The Balaban J connectivity index is 2.12. The molecule has 0 aliphatic rings. The molecule has 1 aromatic carbocycles. The summed E-state index contributed by atoms with van der Waals surface area (Å²) in [4.78, 5) is 6.47. The van der Waals surface area contributed by atoms with E-state index in [9.17, 15) is 0 Å². The van der Waals surface area contributed by atoms with Crippen molar-refractivity contribution in [1.82, 2.24) is 4.98 Å². The second-order valence-electron chi connectivity index (χ2n) is 5.53. The van der Waals surface area contributed by atoms with Gasteiger partial charge in [0.2, 0.25) is 0 Å². The Hall–Kier alpha value is -1.56. The fourth-order valence-corrected chi connectivity index (χ4v) is 2.76. The van der Waals surface area contributed by atoms with E-state index in [1.54, 1.807) is 7.11 Å². The lowest BCUT2D eigenvalue weighted by Crippen LogP contribution is -2.24. The van der Waals surface area contributed by atoms with E-state index in [0.29, 0.717) is 41.7 Å². The Morgan fingerprint density at radius 1 is 1.42 bits per heavy atom. The number of hydrogen-bond acceptors (Lipinski definition) is 5. The largest absolute Gasteiger partial charge is 0.423 e. The van der Waals surface area contributed by atoms with E-state index in [1.165, 1.54) is 5.57 Å². The SMILES string of the molecule is CC/C=C(\CC(OC)OCC)CN(C)c1nc2c(Cl)cccc2o1. The van der Waals surface area contributed by atoms with Crippen LogP contribution >= 0.6 is 11.6 Å². The van der Waals surface area contributed by atoms with Crippen LogP contribution in [0, 0.1) is 0 Å². The second kappa shape index (κ2) is 9.06. The van der Waals surface area contributed by atoms with Crippen molar-refractivity contribution in [2.75, 3.05) is 32.2 Å². The fourth-order valence-electron chi connectivity index (χ4n) is 2.55. The number of halogens is 1. The van der Waals surface area contributed by atoms with Gasteiger partial charge in [-0.15, -0.1) is 0 Å². The average Bonchev–Trinajstić information content (AvgIpc) is 3.00. The van der Waals surface area contributed by atoms with Crippen molar-refractivity contribution in [2.45, 2.75) is 33.0 Å². The van der Waals surface area contributed by atoms with E-state index in [-0.39, 0.29) is 6.29 Å². The van der Waals surface area contributed by atoms with Gasteiger partial charge in [-0.2, -0.15) is 4.98 Å². The Labute approximate surface area is 148 Å². The zero-order valence-corrected chi connectivity index (χ0v) is 15.5. The molecule has 6 heteroatoms. The number of fused-ring (bicyclic) bond motifs is 1. The van der Waals surface area contributed by atoms with Gasteiger partial charge in [0.05, 0.1) is 5.02 Å². The number of nitrogens with zero attached hydrogens (tertiary/aromatic N) is 2. The third-order valence-corrected chi connectivity index (χ3v) is 3.97. The first kappa shape index (κ1) is 18.8. The predicted molar refractivity (Wildman–Crippen MR) is 97.7 cm³/mol. The van der Waals surface area contributed by atoms with Gasteiger partial charge in [0, 0.05) is 33.7 Å². The topological polar surface area (TPSA) is 47.7 Å². The molecule has 0 spiro atoms. The van der Waals surface area contributed by atoms with Gasteiger partial charge in [0.1, 0.15) is 5.52 Å². The first-order valence-corrected chi connectivity index (χ1v) is 8.55.